The minimum absolute atomic E-state index is 0.258. The molecule has 3 aromatic rings. The van der Waals surface area contributed by atoms with E-state index in [1.165, 1.54) is 21.9 Å². The summed E-state index contributed by atoms with van der Waals surface area (Å²) in [6.45, 7) is 9.56. The smallest absolute Gasteiger partial charge is 0.414 e. The van der Waals surface area contributed by atoms with Gasteiger partial charge in [0.2, 0.25) is 0 Å². The molecular formula is C28H34N2O2. The molecule has 1 N–H and O–H groups in total. The molecule has 0 aromatic heterocycles. The van der Waals surface area contributed by atoms with Gasteiger partial charge in [-0.3, -0.25) is 4.90 Å². The number of anilines is 1. The van der Waals surface area contributed by atoms with Crippen molar-refractivity contribution in [2.75, 3.05) is 18.0 Å². The number of ether oxygens (including phenoxy) is 1. The van der Waals surface area contributed by atoms with Crippen LogP contribution in [0.1, 0.15) is 51.3 Å². The number of nitrogens with one attached hydrogen (secondary N) is 1. The molecule has 32 heavy (non-hydrogen) atoms. The Morgan fingerprint density at radius 2 is 1.78 bits per heavy atom. The van der Waals surface area contributed by atoms with Gasteiger partial charge in [0.1, 0.15) is 5.60 Å². The highest BCUT2D eigenvalue weighted by Crippen LogP contribution is 2.32. The van der Waals surface area contributed by atoms with E-state index in [-0.39, 0.29) is 12.1 Å². The van der Waals surface area contributed by atoms with Crippen molar-refractivity contribution in [2.24, 2.45) is 5.92 Å². The molecule has 4 rings (SSSR count). The molecule has 1 aliphatic rings. The lowest BCUT2D eigenvalue weighted by Gasteiger charge is -2.36. The predicted octanol–water partition coefficient (Wildman–Crippen LogP) is 6.49. The maximum absolute atomic E-state index is 12.9. The van der Waals surface area contributed by atoms with Crippen LogP contribution in [0.2, 0.25) is 0 Å². The number of fused-ring (bicyclic) bond motifs is 2. The van der Waals surface area contributed by atoms with E-state index in [1.54, 1.807) is 0 Å². The average molecular weight is 431 g/mol. The fourth-order valence-electron chi connectivity index (χ4n) is 4.60. The molecule has 0 radical (unpaired) electrons. The first kappa shape index (κ1) is 22.3. The maximum atomic E-state index is 12.9. The van der Waals surface area contributed by atoms with Gasteiger partial charge >= 0.3 is 6.09 Å². The summed E-state index contributed by atoms with van der Waals surface area (Å²) in [5.74, 6) is 0.393. The maximum Gasteiger partial charge on any atom is 0.414 e. The van der Waals surface area contributed by atoms with Crippen LogP contribution in [0.4, 0.5) is 10.5 Å². The van der Waals surface area contributed by atoms with Crippen LogP contribution in [0.3, 0.4) is 0 Å². The van der Waals surface area contributed by atoms with Gasteiger partial charge in [-0.25, -0.2) is 4.79 Å². The SMILES string of the molecule is C[C@@H](NCCC1Cc2ccccc2N(C(=O)OC(C)(C)C)C1)c1cccc2ccccc12. The van der Waals surface area contributed by atoms with E-state index in [9.17, 15) is 4.79 Å². The zero-order chi connectivity index (χ0) is 22.7. The lowest BCUT2D eigenvalue weighted by atomic mass is 9.90. The summed E-state index contributed by atoms with van der Waals surface area (Å²) in [6, 6.07) is 23.5. The first-order chi connectivity index (χ1) is 15.3. The predicted molar refractivity (Wildman–Crippen MR) is 132 cm³/mol. The van der Waals surface area contributed by atoms with Crippen LogP contribution in [0.5, 0.6) is 0 Å². The van der Waals surface area contributed by atoms with Crippen molar-refractivity contribution in [2.45, 2.75) is 52.2 Å². The highest BCUT2D eigenvalue weighted by molar-refractivity contribution is 5.89. The number of carbonyl (C=O) groups is 1. The van der Waals surface area contributed by atoms with E-state index in [0.717, 1.165) is 25.1 Å². The van der Waals surface area contributed by atoms with Crippen molar-refractivity contribution >= 4 is 22.6 Å². The summed E-state index contributed by atoms with van der Waals surface area (Å²) in [5.41, 5.74) is 3.02. The lowest BCUT2D eigenvalue weighted by Crippen LogP contribution is -2.43. The van der Waals surface area contributed by atoms with Crippen molar-refractivity contribution in [3.05, 3.63) is 77.9 Å². The second-order valence-electron chi connectivity index (χ2n) is 9.82. The molecule has 0 aliphatic carbocycles. The van der Waals surface area contributed by atoms with Crippen LogP contribution in [0.15, 0.2) is 66.7 Å². The first-order valence-electron chi connectivity index (χ1n) is 11.6. The van der Waals surface area contributed by atoms with Crippen LogP contribution >= 0.6 is 0 Å². The van der Waals surface area contributed by atoms with Gasteiger partial charge in [-0.2, -0.15) is 0 Å². The molecule has 1 aliphatic heterocycles. The van der Waals surface area contributed by atoms with E-state index in [0.29, 0.717) is 12.5 Å². The normalized spacial score (nSPS) is 17.1. The number of para-hydroxylation sites is 1. The van der Waals surface area contributed by atoms with E-state index in [4.69, 9.17) is 4.74 Å². The van der Waals surface area contributed by atoms with E-state index in [1.807, 2.05) is 37.8 Å². The Morgan fingerprint density at radius 3 is 2.59 bits per heavy atom. The minimum atomic E-state index is -0.506. The Hall–Kier alpha value is -2.85. The van der Waals surface area contributed by atoms with E-state index < -0.39 is 5.60 Å². The van der Waals surface area contributed by atoms with Gasteiger partial charge in [0.25, 0.3) is 0 Å². The van der Waals surface area contributed by atoms with Crippen LogP contribution in [0.25, 0.3) is 10.8 Å². The number of nitrogens with zero attached hydrogens (tertiary/aromatic N) is 1. The zero-order valence-electron chi connectivity index (χ0n) is 19.6. The Bertz CT molecular complexity index is 1080. The molecule has 1 unspecified atom stereocenters. The largest absolute Gasteiger partial charge is 0.443 e. The molecule has 0 bridgehead atoms. The molecule has 4 nitrogen and oxygen atoms in total. The van der Waals surface area contributed by atoms with Crippen LogP contribution < -0.4 is 10.2 Å². The summed E-state index contributed by atoms with van der Waals surface area (Å²) < 4.78 is 5.70. The molecule has 3 aromatic carbocycles. The van der Waals surface area contributed by atoms with Gasteiger partial charge in [0, 0.05) is 12.6 Å². The fraction of sp³-hybridized carbons (Fsp3) is 0.393. The monoisotopic (exact) mass is 430 g/mol. The molecule has 0 saturated carbocycles. The van der Waals surface area contributed by atoms with Crippen molar-refractivity contribution in [1.29, 1.82) is 0 Å². The molecule has 0 fully saturated rings. The van der Waals surface area contributed by atoms with Gasteiger partial charge in [-0.15, -0.1) is 0 Å². The number of rotatable bonds is 5. The third kappa shape index (κ3) is 5.13. The second-order valence-corrected chi connectivity index (χ2v) is 9.82. The Balaban J connectivity index is 1.42. The standard InChI is InChI=1S/C28H34N2O2/c1-20(24-14-9-12-22-10-5-7-13-25(22)24)29-17-16-21-18-23-11-6-8-15-26(23)30(19-21)27(31)32-28(2,3)4/h5-15,20-21,29H,16-19H2,1-4H3/t20-,21?/m1/s1. The minimum Gasteiger partial charge on any atom is -0.443 e. The van der Waals surface area contributed by atoms with E-state index in [2.05, 4.69) is 66.8 Å². The number of benzene rings is 3. The summed E-state index contributed by atoms with van der Waals surface area (Å²) in [6.07, 6.45) is 1.73. The third-order valence-electron chi connectivity index (χ3n) is 6.14. The number of carbonyl (C=O) groups excluding carboxylic acids is 1. The van der Waals surface area contributed by atoms with Crippen molar-refractivity contribution in [3.8, 4) is 0 Å². The van der Waals surface area contributed by atoms with Crippen LogP contribution in [-0.4, -0.2) is 24.8 Å². The summed E-state index contributed by atoms with van der Waals surface area (Å²) in [4.78, 5) is 14.7. The highest BCUT2D eigenvalue weighted by atomic mass is 16.6. The van der Waals surface area contributed by atoms with Crippen LogP contribution in [-0.2, 0) is 11.2 Å². The third-order valence-corrected chi connectivity index (χ3v) is 6.14. The second kappa shape index (κ2) is 9.33. The summed E-state index contributed by atoms with van der Waals surface area (Å²) in [7, 11) is 0. The lowest BCUT2D eigenvalue weighted by molar-refractivity contribution is 0.0570. The summed E-state index contributed by atoms with van der Waals surface area (Å²) in [5, 5.41) is 6.29. The van der Waals surface area contributed by atoms with Crippen molar-refractivity contribution < 1.29 is 9.53 Å². The van der Waals surface area contributed by atoms with Crippen molar-refractivity contribution in [1.82, 2.24) is 5.32 Å². The Labute approximate surface area is 191 Å². The highest BCUT2D eigenvalue weighted by Gasteiger charge is 2.31. The molecule has 168 valence electrons. The quantitative estimate of drug-likeness (QED) is 0.503. The Kier molecular flexibility index (Phi) is 6.52. The van der Waals surface area contributed by atoms with Gasteiger partial charge in [-0.05, 0) is 81.0 Å². The molecular weight excluding hydrogens is 396 g/mol. The summed E-state index contributed by atoms with van der Waals surface area (Å²) >= 11 is 0. The molecule has 0 saturated heterocycles. The number of amides is 1. The van der Waals surface area contributed by atoms with Gasteiger partial charge in [-0.1, -0.05) is 60.7 Å². The number of hydrogen-bond donors (Lipinski definition) is 1. The Morgan fingerprint density at radius 1 is 1.06 bits per heavy atom. The zero-order valence-corrected chi connectivity index (χ0v) is 19.6. The molecule has 0 spiro atoms. The van der Waals surface area contributed by atoms with Crippen molar-refractivity contribution in [3.63, 3.8) is 0 Å². The number of hydrogen-bond acceptors (Lipinski definition) is 3. The van der Waals surface area contributed by atoms with Crippen LogP contribution in [0, 0.1) is 5.92 Å². The van der Waals surface area contributed by atoms with Gasteiger partial charge in [0.15, 0.2) is 0 Å². The van der Waals surface area contributed by atoms with Gasteiger partial charge in [0.05, 0.1) is 5.69 Å². The molecule has 1 heterocycles. The first-order valence-corrected chi connectivity index (χ1v) is 11.6. The molecule has 2 atom stereocenters. The molecule has 1 amide bonds. The topological polar surface area (TPSA) is 41.6 Å². The average Bonchev–Trinajstić information content (AvgIpc) is 2.77. The molecule has 4 heteroatoms. The van der Waals surface area contributed by atoms with E-state index >= 15 is 0 Å². The van der Waals surface area contributed by atoms with Gasteiger partial charge < -0.3 is 10.1 Å². The fourth-order valence-corrected chi connectivity index (χ4v) is 4.60.